The molecule has 0 saturated heterocycles. The molecule has 1 aromatic carbocycles. The van der Waals surface area contributed by atoms with Crippen LogP contribution in [-0.2, 0) is 4.79 Å². The minimum absolute atomic E-state index is 0.351. The number of anilines is 1. The summed E-state index contributed by atoms with van der Waals surface area (Å²) >= 11 is 0. The van der Waals surface area contributed by atoms with E-state index in [0.717, 1.165) is 25.7 Å². The van der Waals surface area contributed by atoms with E-state index in [1.807, 2.05) is 0 Å². The van der Waals surface area contributed by atoms with Gasteiger partial charge in [-0.1, -0.05) is 32.3 Å². The maximum Gasteiger partial charge on any atom is 0.329 e. The molecule has 0 spiro atoms. The van der Waals surface area contributed by atoms with Crippen molar-refractivity contribution in [3.63, 3.8) is 0 Å². The van der Waals surface area contributed by atoms with Gasteiger partial charge in [-0.25, -0.2) is 9.18 Å². The Kier molecular flexibility index (Phi) is 4.63. The predicted molar refractivity (Wildman–Crippen MR) is 77.3 cm³/mol. The molecule has 2 unspecified atom stereocenters. The number of benzene rings is 1. The van der Waals surface area contributed by atoms with Crippen molar-refractivity contribution in [3.8, 4) is 0 Å². The van der Waals surface area contributed by atoms with Crippen molar-refractivity contribution in [1.29, 1.82) is 0 Å². The molecule has 1 saturated carbocycles. The van der Waals surface area contributed by atoms with Crippen molar-refractivity contribution >= 4 is 11.7 Å². The molecule has 1 aromatic rings. The Labute approximate surface area is 119 Å². The number of nitrogens with one attached hydrogen (secondary N) is 1. The first-order valence-electron chi connectivity index (χ1n) is 7.33. The molecule has 4 heteroatoms. The van der Waals surface area contributed by atoms with Crippen LogP contribution in [0.3, 0.4) is 0 Å². The Morgan fingerprint density at radius 1 is 1.45 bits per heavy atom. The van der Waals surface area contributed by atoms with Crippen LogP contribution in [-0.4, -0.2) is 16.6 Å². The number of carbonyl (C=O) groups is 1. The van der Waals surface area contributed by atoms with Gasteiger partial charge in [0.05, 0.1) is 0 Å². The maximum atomic E-state index is 13.3. The Morgan fingerprint density at radius 3 is 2.90 bits per heavy atom. The van der Waals surface area contributed by atoms with Crippen LogP contribution in [0.5, 0.6) is 0 Å². The van der Waals surface area contributed by atoms with Crippen molar-refractivity contribution in [2.45, 2.75) is 51.0 Å². The zero-order valence-corrected chi connectivity index (χ0v) is 11.9. The molecular weight excluding hydrogens is 257 g/mol. The van der Waals surface area contributed by atoms with Crippen LogP contribution >= 0.6 is 0 Å². The lowest BCUT2D eigenvalue weighted by Gasteiger charge is -2.30. The Bertz CT molecular complexity index is 477. The van der Waals surface area contributed by atoms with E-state index in [0.29, 0.717) is 24.4 Å². The summed E-state index contributed by atoms with van der Waals surface area (Å²) in [6, 6.07) is 6.03. The van der Waals surface area contributed by atoms with Crippen molar-refractivity contribution in [2.24, 2.45) is 5.92 Å². The van der Waals surface area contributed by atoms with Gasteiger partial charge in [0.2, 0.25) is 0 Å². The van der Waals surface area contributed by atoms with Crippen LogP contribution in [0, 0.1) is 11.7 Å². The van der Waals surface area contributed by atoms with E-state index in [-0.39, 0.29) is 5.82 Å². The van der Waals surface area contributed by atoms with Gasteiger partial charge < -0.3 is 10.4 Å². The lowest BCUT2D eigenvalue weighted by molar-refractivity contribution is -0.142. The number of aliphatic carboxylic acids is 1. The zero-order valence-electron chi connectivity index (χ0n) is 11.9. The summed E-state index contributed by atoms with van der Waals surface area (Å²) in [5, 5.41) is 12.7. The van der Waals surface area contributed by atoms with Crippen LogP contribution in [0.4, 0.5) is 10.1 Å². The molecule has 3 nitrogen and oxygen atoms in total. The topological polar surface area (TPSA) is 49.3 Å². The molecule has 2 atom stereocenters. The second kappa shape index (κ2) is 6.25. The summed E-state index contributed by atoms with van der Waals surface area (Å²) in [6.45, 7) is 2.15. The smallest absolute Gasteiger partial charge is 0.329 e. The van der Waals surface area contributed by atoms with Crippen molar-refractivity contribution in [1.82, 2.24) is 0 Å². The summed E-state index contributed by atoms with van der Waals surface area (Å²) in [6.07, 6.45) is 5.16. The fourth-order valence-electron chi connectivity index (χ4n) is 3.06. The highest BCUT2D eigenvalue weighted by Crippen LogP contribution is 2.34. The van der Waals surface area contributed by atoms with E-state index in [9.17, 15) is 14.3 Å². The van der Waals surface area contributed by atoms with E-state index in [1.54, 1.807) is 12.1 Å². The molecule has 0 bridgehead atoms. The molecule has 110 valence electrons. The Hall–Kier alpha value is -1.58. The van der Waals surface area contributed by atoms with Gasteiger partial charge in [-0.05, 0) is 43.4 Å². The third-order valence-electron chi connectivity index (χ3n) is 4.39. The van der Waals surface area contributed by atoms with Crippen molar-refractivity contribution in [2.75, 3.05) is 5.32 Å². The first-order chi connectivity index (χ1) is 9.55. The second-order valence-corrected chi connectivity index (χ2v) is 5.73. The molecule has 0 aromatic heterocycles. The third kappa shape index (κ3) is 3.30. The normalized spacial score (nSPS) is 26.8. The summed E-state index contributed by atoms with van der Waals surface area (Å²) in [4.78, 5) is 11.8. The molecule has 0 heterocycles. The summed E-state index contributed by atoms with van der Waals surface area (Å²) in [5.41, 5.74) is -0.417. The lowest BCUT2D eigenvalue weighted by Crippen LogP contribution is -2.46. The fraction of sp³-hybridized carbons (Fsp3) is 0.562. The van der Waals surface area contributed by atoms with Gasteiger partial charge >= 0.3 is 5.97 Å². The van der Waals surface area contributed by atoms with Gasteiger partial charge in [0.25, 0.3) is 0 Å². The van der Waals surface area contributed by atoms with E-state index < -0.39 is 11.5 Å². The number of hydrogen-bond donors (Lipinski definition) is 2. The summed E-state index contributed by atoms with van der Waals surface area (Å²) in [5.74, 6) is -0.584. The minimum Gasteiger partial charge on any atom is -0.480 e. The summed E-state index contributed by atoms with van der Waals surface area (Å²) in [7, 11) is 0. The van der Waals surface area contributed by atoms with Crippen molar-refractivity contribution in [3.05, 3.63) is 30.1 Å². The Morgan fingerprint density at radius 2 is 2.25 bits per heavy atom. The van der Waals surface area contributed by atoms with Gasteiger partial charge in [-0.15, -0.1) is 0 Å². The van der Waals surface area contributed by atoms with Crippen LogP contribution in [0.1, 0.15) is 45.4 Å². The van der Waals surface area contributed by atoms with E-state index >= 15 is 0 Å². The minimum atomic E-state index is -0.961. The molecule has 0 aliphatic heterocycles. The van der Waals surface area contributed by atoms with Gasteiger partial charge in [0.1, 0.15) is 11.4 Å². The van der Waals surface area contributed by atoms with Crippen molar-refractivity contribution < 1.29 is 14.3 Å². The monoisotopic (exact) mass is 279 g/mol. The first-order valence-corrected chi connectivity index (χ1v) is 7.33. The number of halogens is 1. The SMILES string of the molecule is CCC1CCCC(Nc2cccc(F)c2)(C(=O)O)CC1. The highest BCUT2D eigenvalue weighted by Gasteiger charge is 2.39. The molecule has 20 heavy (non-hydrogen) atoms. The lowest BCUT2D eigenvalue weighted by atomic mass is 9.89. The molecular formula is C16H22FNO2. The summed E-state index contributed by atoms with van der Waals surface area (Å²) < 4.78 is 13.3. The zero-order chi connectivity index (χ0) is 14.6. The molecule has 0 radical (unpaired) electrons. The molecule has 1 aliphatic rings. The highest BCUT2D eigenvalue weighted by molar-refractivity contribution is 5.82. The Balaban J connectivity index is 2.19. The molecule has 0 amide bonds. The number of rotatable bonds is 4. The quantitative estimate of drug-likeness (QED) is 0.817. The molecule has 2 N–H and O–H groups in total. The standard InChI is InChI=1S/C16H22FNO2/c1-2-12-5-4-9-16(10-8-12,15(19)20)18-14-7-3-6-13(17)11-14/h3,6-7,11-12,18H,2,4-5,8-10H2,1H3,(H,19,20). The number of carboxylic acid groups (broad SMARTS) is 1. The van der Waals surface area contributed by atoms with Gasteiger partial charge in [0, 0.05) is 5.69 Å². The number of hydrogen-bond acceptors (Lipinski definition) is 2. The number of carboxylic acids is 1. The predicted octanol–water partition coefficient (Wildman–Crippen LogP) is 4.05. The van der Waals surface area contributed by atoms with E-state index in [2.05, 4.69) is 12.2 Å². The largest absolute Gasteiger partial charge is 0.480 e. The molecule has 1 fully saturated rings. The van der Waals surface area contributed by atoms with Crippen LogP contribution in [0.15, 0.2) is 24.3 Å². The average Bonchev–Trinajstić information content (AvgIpc) is 2.62. The van der Waals surface area contributed by atoms with E-state index in [1.165, 1.54) is 12.1 Å². The molecule has 2 rings (SSSR count). The van der Waals surface area contributed by atoms with Gasteiger partial charge in [0.15, 0.2) is 0 Å². The maximum absolute atomic E-state index is 13.3. The third-order valence-corrected chi connectivity index (χ3v) is 4.39. The highest BCUT2D eigenvalue weighted by atomic mass is 19.1. The first kappa shape index (κ1) is 14.8. The second-order valence-electron chi connectivity index (χ2n) is 5.73. The van der Waals surface area contributed by atoms with Crippen LogP contribution in [0.2, 0.25) is 0 Å². The van der Waals surface area contributed by atoms with Gasteiger partial charge in [-0.2, -0.15) is 0 Å². The van der Waals surface area contributed by atoms with Crippen LogP contribution < -0.4 is 5.32 Å². The fourth-order valence-corrected chi connectivity index (χ4v) is 3.06. The van der Waals surface area contributed by atoms with E-state index in [4.69, 9.17) is 0 Å². The van der Waals surface area contributed by atoms with Crippen LogP contribution in [0.25, 0.3) is 0 Å². The van der Waals surface area contributed by atoms with Gasteiger partial charge in [-0.3, -0.25) is 0 Å². The average molecular weight is 279 g/mol. The molecule has 1 aliphatic carbocycles.